The van der Waals surface area contributed by atoms with Crippen LogP contribution in [0.3, 0.4) is 0 Å². The van der Waals surface area contributed by atoms with E-state index in [2.05, 4.69) is 46.4 Å². The molecule has 4 aromatic rings. The number of aromatic nitrogens is 4. The van der Waals surface area contributed by atoms with Crippen molar-refractivity contribution < 1.29 is 17.7 Å². The Bertz CT molecular complexity index is 1490. The van der Waals surface area contributed by atoms with Crippen molar-refractivity contribution in [1.82, 2.24) is 24.6 Å². The minimum absolute atomic E-state index is 0.0139. The molecule has 2 aromatic carbocycles. The van der Waals surface area contributed by atoms with Gasteiger partial charge in [0.1, 0.15) is 0 Å². The Hall–Kier alpha value is -3.19. The van der Waals surface area contributed by atoms with Crippen LogP contribution in [0.5, 0.6) is 0 Å². The fourth-order valence-electron chi connectivity index (χ4n) is 3.14. The molecule has 0 unspecified atom stereocenters. The number of hydrogen-bond acceptors (Lipinski definition) is 9. The SMILES string of the molecule is CN(Cc1nc(-c2ccc(C(C)(C)C)cc2)no1)S(=O)(=O)c1nnc(NC(=O)c2ccccc2Cl)s1. The number of nitrogens with zero attached hydrogens (tertiary/aromatic N) is 5. The van der Waals surface area contributed by atoms with Crippen LogP contribution in [0.15, 0.2) is 57.4 Å². The average Bonchev–Trinajstić information content (AvgIpc) is 3.49. The standard InChI is InChI=1S/C23H23ClN6O4S2/c1-23(2,3)15-11-9-14(10-12-15)19-25-18(34-29-19)13-30(4)36(32,33)22-28-27-21(35-22)26-20(31)16-7-5-6-8-17(16)24/h5-12H,13H2,1-4H3,(H,26,27,31). The first kappa shape index (κ1) is 25.9. The van der Waals surface area contributed by atoms with E-state index in [1.54, 1.807) is 24.3 Å². The first-order valence-corrected chi connectivity index (χ1v) is 13.4. The monoisotopic (exact) mass is 546 g/mol. The summed E-state index contributed by atoms with van der Waals surface area (Å²) in [5, 5.41) is 14.3. The second kappa shape index (κ2) is 10.1. The van der Waals surface area contributed by atoms with E-state index in [1.807, 2.05) is 24.3 Å². The quantitative estimate of drug-likeness (QED) is 0.332. The Kier molecular flexibility index (Phi) is 7.23. The van der Waals surface area contributed by atoms with Gasteiger partial charge in [0.25, 0.3) is 15.9 Å². The van der Waals surface area contributed by atoms with E-state index >= 15 is 0 Å². The normalized spacial score (nSPS) is 12.2. The summed E-state index contributed by atoms with van der Waals surface area (Å²) in [6, 6.07) is 14.3. The molecule has 0 aliphatic rings. The minimum atomic E-state index is -4.03. The van der Waals surface area contributed by atoms with Gasteiger partial charge in [-0.3, -0.25) is 10.1 Å². The highest BCUT2D eigenvalue weighted by Gasteiger charge is 2.28. The Morgan fingerprint density at radius 2 is 1.81 bits per heavy atom. The molecule has 188 valence electrons. The third-order valence-electron chi connectivity index (χ3n) is 5.21. The van der Waals surface area contributed by atoms with Gasteiger partial charge < -0.3 is 4.52 Å². The summed E-state index contributed by atoms with van der Waals surface area (Å²) in [4.78, 5) is 16.7. The van der Waals surface area contributed by atoms with Crippen LogP contribution in [0.4, 0.5) is 5.13 Å². The lowest BCUT2D eigenvalue weighted by molar-refractivity contribution is 0.102. The molecule has 0 saturated heterocycles. The van der Waals surface area contributed by atoms with E-state index < -0.39 is 15.9 Å². The number of nitrogens with one attached hydrogen (secondary N) is 1. The van der Waals surface area contributed by atoms with Crippen molar-refractivity contribution >= 4 is 44.0 Å². The van der Waals surface area contributed by atoms with Crippen LogP contribution < -0.4 is 5.32 Å². The van der Waals surface area contributed by atoms with E-state index in [1.165, 1.54) is 12.6 Å². The molecule has 0 bridgehead atoms. The lowest BCUT2D eigenvalue weighted by atomic mass is 9.87. The maximum atomic E-state index is 13.0. The highest BCUT2D eigenvalue weighted by atomic mass is 35.5. The lowest BCUT2D eigenvalue weighted by Crippen LogP contribution is -2.26. The molecular weight excluding hydrogens is 524 g/mol. The van der Waals surface area contributed by atoms with Gasteiger partial charge in [-0.15, -0.1) is 10.2 Å². The van der Waals surface area contributed by atoms with Crippen molar-refractivity contribution in [3.8, 4) is 11.4 Å². The van der Waals surface area contributed by atoms with Gasteiger partial charge in [-0.2, -0.15) is 9.29 Å². The van der Waals surface area contributed by atoms with Crippen molar-refractivity contribution in [3.05, 3.63) is 70.6 Å². The molecule has 2 aromatic heterocycles. The molecule has 0 aliphatic carbocycles. The summed E-state index contributed by atoms with van der Waals surface area (Å²) in [6.45, 7) is 6.20. The van der Waals surface area contributed by atoms with E-state index in [-0.39, 0.29) is 37.9 Å². The summed E-state index contributed by atoms with van der Waals surface area (Å²) < 4.78 is 31.9. The lowest BCUT2D eigenvalue weighted by Gasteiger charge is -2.18. The largest absolute Gasteiger partial charge is 0.338 e. The number of rotatable bonds is 7. The Morgan fingerprint density at radius 1 is 1.11 bits per heavy atom. The predicted molar refractivity (Wildman–Crippen MR) is 136 cm³/mol. The van der Waals surface area contributed by atoms with Gasteiger partial charge in [0.05, 0.1) is 17.1 Å². The van der Waals surface area contributed by atoms with Crippen LogP contribution in [0.25, 0.3) is 11.4 Å². The molecule has 0 aliphatic heterocycles. The van der Waals surface area contributed by atoms with Crippen molar-refractivity contribution in [1.29, 1.82) is 0 Å². The number of carbonyl (C=O) groups excluding carboxylic acids is 1. The Morgan fingerprint density at radius 3 is 2.47 bits per heavy atom. The number of anilines is 1. The fraction of sp³-hybridized carbons (Fsp3) is 0.261. The molecule has 2 heterocycles. The van der Waals surface area contributed by atoms with Gasteiger partial charge in [0.2, 0.25) is 21.2 Å². The summed E-state index contributed by atoms with van der Waals surface area (Å²) in [5.74, 6) is -0.0487. The van der Waals surface area contributed by atoms with Crippen LogP contribution in [-0.4, -0.2) is 46.0 Å². The molecule has 4 rings (SSSR count). The molecular formula is C23H23ClN6O4S2. The van der Waals surface area contributed by atoms with E-state index in [4.69, 9.17) is 16.1 Å². The molecule has 10 nitrogen and oxygen atoms in total. The van der Waals surface area contributed by atoms with Crippen LogP contribution in [-0.2, 0) is 22.0 Å². The van der Waals surface area contributed by atoms with Crippen molar-refractivity contribution in [2.45, 2.75) is 37.1 Å². The maximum Gasteiger partial charge on any atom is 0.272 e. The second-order valence-corrected chi connectivity index (χ2v) is 12.5. The molecule has 0 spiro atoms. The highest BCUT2D eigenvalue weighted by Crippen LogP contribution is 2.27. The fourth-order valence-corrected chi connectivity index (χ4v) is 5.56. The molecule has 1 amide bonds. The third-order valence-corrected chi connectivity index (χ3v) is 8.53. The molecule has 0 radical (unpaired) electrons. The Balaban J connectivity index is 1.44. The van der Waals surface area contributed by atoms with E-state index in [0.717, 1.165) is 21.2 Å². The molecule has 13 heteroatoms. The first-order valence-electron chi connectivity index (χ1n) is 10.7. The summed E-state index contributed by atoms with van der Waals surface area (Å²) in [7, 11) is -2.67. The summed E-state index contributed by atoms with van der Waals surface area (Å²) >= 11 is 6.75. The van der Waals surface area contributed by atoms with Crippen LogP contribution >= 0.6 is 22.9 Å². The number of benzene rings is 2. The highest BCUT2D eigenvalue weighted by molar-refractivity contribution is 7.91. The zero-order valence-corrected chi connectivity index (χ0v) is 22.3. The van der Waals surface area contributed by atoms with Gasteiger partial charge >= 0.3 is 0 Å². The van der Waals surface area contributed by atoms with Gasteiger partial charge in [0.15, 0.2) is 0 Å². The second-order valence-electron chi connectivity index (χ2n) is 8.91. The minimum Gasteiger partial charge on any atom is -0.338 e. The zero-order chi connectivity index (χ0) is 26.1. The van der Waals surface area contributed by atoms with Crippen molar-refractivity contribution in [2.75, 3.05) is 12.4 Å². The number of amides is 1. The third kappa shape index (κ3) is 5.62. The van der Waals surface area contributed by atoms with E-state index in [9.17, 15) is 13.2 Å². The summed E-state index contributed by atoms with van der Waals surface area (Å²) in [6.07, 6.45) is 0. The van der Waals surface area contributed by atoms with Crippen molar-refractivity contribution in [2.24, 2.45) is 0 Å². The van der Waals surface area contributed by atoms with Crippen LogP contribution in [0, 0.1) is 0 Å². The first-order chi connectivity index (χ1) is 16.9. The molecule has 0 saturated carbocycles. The molecule has 0 fully saturated rings. The maximum absolute atomic E-state index is 13.0. The van der Waals surface area contributed by atoms with Gasteiger partial charge in [-0.1, -0.05) is 85.3 Å². The average molecular weight is 547 g/mol. The predicted octanol–water partition coefficient (Wildman–Crippen LogP) is 4.61. The Labute approximate surface area is 217 Å². The van der Waals surface area contributed by atoms with Crippen LogP contribution in [0.1, 0.15) is 42.6 Å². The molecule has 36 heavy (non-hydrogen) atoms. The van der Waals surface area contributed by atoms with Gasteiger partial charge in [0, 0.05) is 12.6 Å². The van der Waals surface area contributed by atoms with E-state index in [0.29, 0.717) is 5.82 Å². The van der Waals surface area contributed by atoms with Gasteiger partial charge in [-0.05, 0) is 23.1 Å². The zero-order valence-electron chi connectivity index (χ0n) is 19.9. The molecule has 0 atom stereocenters. The molecule has 1 N–H and O–H groups in total. The number of halogens is 1. The number of sulfonamides is 1. The van der Waals surface area contributed by atoms with Crippen molar-refractivity contribution in [3.63, 3.8) is 0 Å². The summed E-state index contributed by atoms with van der Waals surface area (Å²) in [5.41, 5.74) is 2.17. The topological polar surface area (TPSA) is 131 Å². The van der Waals surface area contributed by atoms with Gasteiger partial charge in [-0.25, -0.2) is 8.42 Å². The van der Waals surface area contributed by atoms with Crippen LogP contribution in [0.2, 0.25) is 5.02 Å². The number of carbonyl (C=O) groups is 1. The smallest absolute Gasteiger partial charge is 0.272 e. The number of hydrogen-bond donors (Lipinski definition) is 1.